The zero-order chi connectivity index (χ0) is 24.3. The molecule has 0 amide bonds. The molecule has 178 valence electrons. The number of halogens is 1. The molecule has 0 aliphatic carbocycles. The molecule has 2 N–H and O–H groups in total. The first-order valence-corrected chi connectivity index (χ1v) is 11.6. The van der Waals surface area contributed by atoms with Crippen molar-refractivity contribution in [3.05, 3.63) is 82.9 Å². The van der Waals surface area contributed by atoms with Crippen LogP contribution in [0.25, 0.3) is 5.57 Å². The van der Waals surface area contributed by atoms with Crippen LogP contribution in [0, 0.1) is 0 Å². The van der Waals surface area contributed by atoms with Crippen molar-refractivity contribution in [1.82, 2.24) is 0 Å². The van der Waals surface area contributed by atoms with Crippen LogP contribution in [0.1, 0.15) is 37.4 Å². The third-order valence-corrected chi connectivity index (χ3v) is 6.22. The number of anilines is 2. The summed E-state index contributed by atoms with van der Waals surface area (Å²) in [6, 6.07) is 19.9. The van der Waals surface area contributed by atoms with Crippen LogP contribution in [0.3, 0.4) is 0 Å². The number of benzene rings is 3. The van der Waals surface area contributed by atoms with Gasteiger partial charge in [-0.1, -0.05) is 29.8 Å². The highest BCUT2D eigenvalue weighted by atomic mass is 35.5. The van der Waals surface area contributed by atoms with Crippen LogP contribution >= 0.6 is 11.6 Å². The van der Waals surface area contributed by atoms with Gasteiger partial charge in [0.1, 0.15) is 17.2 Å². The van der Waals surface area contributed by atoms with E-state index in [-0.39, 0.29) is 11.6 Å². The molecule has 4 rings (SSSR count). The van der Waals surface area contributed by atoms with E-state index in [1.165, 1.54) is 5.57 Å². The van der Waals surface area contributed by atoms with Gasteiger partial charge in [0.05, 0.1) is 32.9 Å². The molecular weight excluding hydrogens is 448 g/mol. The number of methoxy groups -OCH3 is 3. The van der Waals surface area contributed by atoms with Crippen molar-refractivity contribution in [2.45, 2.75) is 31.8 Å². The summed E-state index contributed by atoms with van der Waals surface area (Å²) in [5.74, 6) is 2.36. The molecule has 0 fully saturated rings. The molecule has 1 aliphatic heterocycles. The Labute approximate surface area is 206 Å². The minimum atomic E-state index is -0.232. The van der Waals surface area contributed by atoms with Gasteiger partial charge in [0.2, 0.25) is 0 Å². The Hall–Kier alpha value is -3.31. The zero-order valence-electron chi connectivity index (χ0n) is 20.2. The summed E-state index contributed by atoms with van der Waals surface area (Å²) >= 11 is 6.19. The highest BCUT2D eigenvalue weighted by molar-refractivity contribution is 6.30. The average Bonchev–Trinajstić information content (AvgIpc) is 2.83. The molecule has 1 atom stereocenters. The van der Waals surface area contributed by atoms with Crippen molar-refractivity contribution in [2.75, 3.05) is 32.0 Å². The van der Waals surface area contributed by atoms with Crippen LogP contribution in [0.5, 0.6) is 17.2 Å². The molecule has 0 saturated heterocycles. The fraction of sp³-hybridized carbons (Fsp3) is 0.286. The van der Waals surface area contributed by atoms with Gasteiger partial charge in [0, 0.05) is 34.1 Å². The largest absolute Gasteiger partial charge is 0.497 e. The van der Waals surface area contributed by atoms with Crippen LogP contribution in [-0.4, -0.2) is 26.9 Å². The number of rotatable bonds is 8. The van der Waals surface area contributed by atoms with Crippen LogP contribution in [0.2, 0.25) is 5.02 Å². The van der Waals surface area contributed by atoms with E-state index in [1.807, 2.05) is 48.5 Å². The van der Waals surface area contributed by atoms with E-state index in [2.05, 4.69) is 42.7 Å². The minimum Gasteiger partial charge on any atom is -0.497 e. The zero-order valence-corrected chi connectivity index (χ0v) is 21.0. The van der Waals surface area contributed by atoms with E-state index in [1.54, 1.807) is 21.3 Å². The van der Waals surface area contributed by atoms with Crippen LogP contribution in [-0.2, 0) is 0 Å². The van der Waals surface area contributed by atoms with E-state index in [0.717, 1.165) is 46.2 Å². The molecule has 34 heavy (non-hydrogen) atoms. The molecule has 6 heteroatoms. The van der Waals surface area contributed by atoms with E-state index in [4.69, 9.17) is 25.8 Å². The second-order valence-electron chi connectivity index (χ2n) is 8.95. The molecule has 3 aromatic carbocycles. The van der Waals surface area contributed by atoms with Gasteiger partial charge in [0.15, 0.2) is 0 Å². The number of hydrogen-bond donors (Lipinski definition) is 2. The van der Waals surface area contributed by atoms with Crippen molar-refractivity contribution in [2.24, 2.45) is 0 Å². The number of hydrogen-bond acceptors (Lipinski definition) is 5. The lowest BCUT2D eigenvalue weighted by Gasteiger charge is -2.35. The van der Waals surface area contributed by atoms with Gasteiger partial charge in [-0.05, 0) is 67.8 Å². The molecule has 0 radical (unpaired) electrons. The molecule has 1 heterocycles. The van der Waals surface area contributed by atoms with E-state index in [9.17, 15) is 0 Å². The second kappa shape index (κ2) is 9.90. The van der Waals surface area contributed by atoms with Gasteiger partial charge in [-0.25, -0.2) is 0 Å². The molecule has 0 bridgehead atoms. The summed E-state index contributed by atoms with van der Waals surface area (Å²) in [6.45, 7) is 4.33. The lowest BCUT2D eigenvalue weighted by Crippen LogP contribution is -2.32. The van der Waals surface area contributed by atoms with Crippen LogP contribution in [0.4, 0.5) is 11.4 Å². The monoisotopic (exact) mass is 478 g/mol. The highest BCUT2D eigenvalue weighted by Gasteiger charge is 2.29. The Balaban J connectivity index is 1.75. The SMILES string of the molecule is COc1ccc(NC(CC2=CC(C)(C)Nc3cc(OC)cc(OC)c32)c2ccc(Cl)cc2)cc1. The Morgan fingerprint density at radius 2 is 1.56 bits per heavy atom. The lowest BCUT2D eigenvalue weighted by molar-refractivity contribution is 0.393. The number of ether oxygens (including phenoxy) is 3. The first-order chi connectivity index (χ1) is 16.3. The van der Waals surface area contributed by atoms with Gasteiger partial charge < -0.3 is 24.8 Å². The van der Waals surface area contributed by atoms with Gasteiger partial charge in [-0.3, -0.25) is 0 Å². The summed E-state index contributed by atoms with van der Waals surface area (Å²) in [7, 11) is 5.03. The Kier molecular flexibility index (Phi) is 6.94. The van der Waals surface area contributed by atoms with Gasteiger partial charge in [-0.15, -0.1) is 0 Å². The van der Waals surface area contributed by atoms with Gasteiger partial charge in [-0.2, -0.15) is 0 Å². The molecule has 1 unspecified atom stereocenters. The summed E-state index contributed by atoms with van der Waals surface area (Å²) in [6.07, 6.45) is 3.03. The van der Waals surface area contributed by atoms with Gasteiger partial charge in [0.25, 0.3) is 0 Å². The summed E-state index contributed by atoms with van der Waals surface area (Å²) in [5, 5.41) is 8.03. The Bertz CT molecular complexity index is 1170. The summed E-state index contributed by atoms with van der Waals surface area (Å²) < 4.78 is 16.6. The third kappa shape index (κ3) is 5.26. The predicted octanol–water partition coefficient (Wildman–Crippen LogP) is 7.20. The molecule has 3 aromatic rings. The summed E-state index contributed by atoms with van der Waals surface area (Å²) in [5.41, 5.74) is 5.17. The van der Waals surface area contributed by atoms with Crippen molar-refractivity contribution >= 4 is 28.5 Å². The van der Waals surface area contributed by atoms with E-state index < -0.39 is 0 Å². The fourth-order valence-corrected chi connectivity index (χ4v) is 4.53. The van der Waals surface area contributed by atoms with Crippen molar-refractivity contribution in [1.29, 1.82) is 0 Å². The lowest BCUT2D eigenvalue weighted by atomic mass is 9.85. The maximum Gasteiger partial charge on any atom is 0.132 e. The topological polar surface area (TPSA) is 51.8 Å². The van der Waals surface area contributed by atoms with Crippen molar-refractivity contribution in [3.63, 3.8) is 0 Å². The van der Waals surface area contributed by atoms with Crippen molar-refractivity contribution in [3.8, 4) is 17.2 Å². The molecule has 5 nitrogen and oxygen atoms in total. The predicted molar refractivity (Wildman–Crippen MR) is 141 cm³/mol. The Morgan fingerprint density at radius 3 is 2.18 bits per heavy atom. The fourth-order valence-electron chi connectivity index (χ4n) is 4.41. The van der Waals surface area contributed by atoms with Crippen LogP contribution < -0.4 is 24.8 Å². The Morgan fingerprint density at radius 1 is 0.882 bits per heavy atom. The molecule has 0 saturated carbocycles. The number of fused-ring (bicyclic) bond motifs is 1. The third-order valence-electron chi connectivity index (χ3n) is 5.97. The van der Waals surface area contributed by atoms with Crippen molar-refractivity contribution < 1.29 is 14.2 Å². The summed E-state index contributed by atoms with van der Waals surface area (Å²) in [4.78, 5) is 0. The normalized spacial score (nSPS) is 14.8. The minimum absolute atomic E-state index is 0.00506. The smallest absolute Gasteiger partial charge is 0.132 e. The van der Waals surface area contributed by atoms with Gasteiger partial charge >= 0.3 is 0 Å². The standard InChI is InChI=1S/C28H31ClN2O3/c1-28(2)17-19(27-25(31-28)15-23(33-4)16-26(27)34-5)14-24(18-6-8-20(29)9-7-18)30-21-10-12-22(32-3)13-11-21/h6-13,15-17,24,30-31H,14H2,1-5H3. The van der Waals surface area contributed by atoms with E-state index >= 15 is 0 Å². The quantitative estimate of drug-likeness (QED) is 0.358. The molecule has 1 aliphatic rings. The maximum atomic E-state index is 6.19. The molecular formula is C28H31ClN2O3. The maximum absolute atomic E-state index is 6.19. The molecule has 0 aromatic heterocycles. The highest BCUT2D eigenvalue weighted by Crippen LogP contribution is 2.45. The second-order valence-corrected chi connectivity index (χ2v) is 9.39. The molecule has 0 spiro atoms. The first kappa shape index (κ1) is 23.8. The van der Waals surface area contributed by atoms with Crippen LogP contribution in [0.15, 0.2) is 66.7 Å². The first-order valence-electron chi connectivity index (χ1n) is 11.2. The average molecular weight is 479 g/mol. The number of nitrogens with one attached hydrogen (secondary N) is 2. The van der Waals surface area contributed by atoms with E-state index in [0.29, 0.717) is 5.02 Å².